The highest BCUT2D eigenvalue weighted by molar-refractivity contribution is 8.18. The van der Waals surface area contributed by atoms with Gasteiger partial charge in [-0.25, -0.2) is 0 Å². The van der Waals surface area contributed by atoms with Crippen LogP contribution < -0.4 is 14.7 Å². The smallest absolute Gasteiger partial charge is 0.339 e. The lowest BCUT2D eigenvalue weighted by Crippen LogP contribution is -2.33. The Labute approximate surface area is 193 Å². The predicted octanol–water partition coefficient (Wildman–Crippen LogP) is 2.67. The molecule has 2 aromatic rings. The molecule has 2 amide bonds. The summed E-state index contributed by atoms with van der Waals surface area (Å²) in [6, 6.07) is 7.65. The van der Waals surface area contributed by atoms with Crippen molar-refractivity contribution in [3.8, 4) is 11.5 Å². The number of amides is 2. The van der Waals surface area contributed by atoms with Crippen molar-refractivity contribution in [3.05, 3.63) is 62.5 Å². The Bertz CT molecular complexity index is 1270. The van der Waals surface area contributed by atoms with Gasteiger partial charge < -0.3 is 14.7 Å². The summed E-state index contributed by atoms with van der Waals surface area (Å²) in [5, 5.41) is 10.7. The average molecular weight is 494 g/mol. The van der Waals surface area contributed by atoms with Gasteiger partial charge in [0, 0.05) is 24.7 Å². The van der Waals surface area contributed by atoms with Gasteiger partial charge in [0.1, 0.15) is 4.90 Å². The van der Waals surface area contributed by atoms with Gasteiger partial charge in [-0.3, -0.25) is 24.6 Å². The van der Waals surface area contributed by atoms with Crippen LogP contribution >= 0.6 is 11.8 Å². The third-order valence-electron chi connectivity index (χ3n) is 4.58. The normalized spacial score (nSPS) is 15.2. The number of nitro groups is 1. The van der Waals surface area contributed by atoms with Crippen LogP contribution in [0.3, 0.4) is 0 Å². The summed E-state index contributed by atoms with van der Waals surface area (Å²) in [5.41, 5.74) is 5.83. The van der Waals surface area contributed by atoms with E-state index in [-0.39, 0.29) is 40.1 Å². The Balaban J connectivity index is 1.89. The molecule has 3 rings (SSSR count). The Hall–Kier alpha value is -3.42. The van der Waals surface area contributed by atoms with Gasteiger partial charge in [0.05, 0.1) is 16.9 Å². The van der Waals surface area contributed by atoms with Gasteiger partial charge in [-0.1, -0.05) is 12.1 Å². The molecule has 1 aliphatic rings. The molecule has 33 heavy (non-hydrogen) atoms. The third kappa shape index (κ3) is 5.16. The van der Waals surface area contributed by atoms with E-state index in [4.69, 9.17) is 14.7 Å². The topological polar surface area (TPSA) is 159 Å². The fourth-order valence-electron chi connectivity index (χ4n) is 2.92. The first kappa shape index (κ1) is 24.2. The molecule has 13 heteroatoms. The van der Waals surface area contributed by atoms with E-state index in [0.717, 1.165) is 22.7 Å². The predicted molar refractivity (Wildman–Crippen MR) is 120 cm³/mol. The highest BCUT2D eigenvalue weighted by Gasteiger charge is 2.34. The zero-order valence-electron chi connectivity index (χ0n) is 17.5. The fraction of sp³-hybridized carbons (Fsp3) is 0.200. The number of hydrogen-bond donors (Lipinski definition) is 1. The minimum absolute atomic E-state index is 0.0372. The second-order valence-electron chi connectivity index (χ2n) is 6.78. The molecule has 0 saturated carbocycles. The lowest BCUT2D eigenvalue weighted by molar-refractivity contribution is -0.385. The quantitative estimate of drug-likeness (QED) is 0.251. The summed E-state index contributed by atoms with van der Waals surface area (Å²) in [6.07, 6.45) is 1.46. The number of ether oxygens (including phenoxy) is 1. The first-order chi connectivity index (χ1) is 15.6. The maximum absolute atomic E-state index is 12.7. The lowest BCUT2D eigenvalue weighted by atomic mass is 10.2. The molecule has 1 fully saturated rings. The van der Waals surface area contributed by atoms with Crippen molar-refractivity contribution in [1.82, 2.24) is 4.90 Å². The molecule has 11 nitrogen and oxygen atoms in total. The van der Waals surface area contributed by atoms with Crippen molar-refractivity contribution in [2.75, 3.05) is 20.2 Å². The van der Waals surface area contributed by atoms with E-state index in [1.165, 1.54) is 50.4 Å². The molecule has 174 valence electrons. The number of nitrogens with two attached hydrogens (primary N) is 1. The summed E-state index contributed by atoms with van der Waals surface area (Å²) in [5.74, 6) is -0.595. The number of benzene rings is 2. The van der Waals surface area contributed by atoms with E-state index < -0.39 is 26.2 Å². The maximum atomic E-state index is 12.7. The molecule has 2 aromatic carbocycles. The van der Waals surface area contributed by atoms with Crippen LogP contribution in [0.4, 0.5) is 10.5 Å². The summed E-state index contributed by atoms with van der Waals surface area (Å²) >= 11 is 0.766. The van der Waals surface area contributed by atoms with Crippen molar-refractivity contribution in [2.24, 2.45) is 5.73 Å². The number of hydrogen-bond acceptors (Lipinski definition) is 10. The van der Waals surface area contributed by atoms with Gasteiger partial charge in [0.25, 0.3) is 16.8 Å². The molecule has 0 aliphatic carbocycles. The zero-order valence-corrected chi connectivity index (χ0v) is 19.1. The fourth-order valence-corrected chi connectivity index (χ4v) is 4.75. The average Bonchev–Trinajstić information content (AvgIpc) is 3.02. The van der Waals surface area contributed by atoms with Gasteiger partial charge in [-0.15, -0.1) is 0 Å². The minimum Gasteiger partial charge on any atom is -0.493 e. The van der Waals surface area contributed by atoms with Crippen molar-refractivity contribution in [1.29, 1.82) is 0 Å². The number of carbonyl (C=O) groups excluding carboxylic acids is 2. The number of aryl methyl sites for hydroxylation is 1. The van der Waals surface area contributed by atoms with E-state index >= 15 is 0 Å². The molecular formula is C20H19N3O8S2. The summed E-state index contributed by atoms with van der Waals surface area (Å²) in [6.45, 7) is 1.73. The van der Waals surface area contributed by atoms with Crippen molar-refractivity contribution in [2.45, 2.75) is 11.8 Å². The third-order valence-corrected chi connectivity index (χ3v) is 6.71. The first-order valence-electron chi connectivity index (χ1n) is 9.40. The van der Waals surface area contributed by atoms with Crippen LogP contribution in [0.25, 0.3) is 6.08 Å². The standard InChI is InChI=1S/C20H19N3O8S2/c1-12-3-5-14(11-15(12)23(26)27)33(28,29)31-16-6-4-13(9-17(16)30-2)10-18-19(24)22(8-7-21)20(25)32-18/h3-6,9-11H,7-8,21H2,1-2H3/b18-10+. The van der Waals surface area contributed by atoms with E-state index in [1.54, 1.807) is 0 Å². The second kappa shape index (κ2) is 9.60. The lowest BCUT2D eigenvalue weighted by Gasteiger charge is -2.12. The van der Waals surface area contributed by atoms with E-state index in [2.05, 4.69) is 0 Å². The number of imide groups is 1. The minimum atomic E-state index is -4.40. The Kier molecular flexibility index (Phi) is 7.05. The molecular weight excluding hydrogens is 474 g/mol. The Morgan fingerprint density at radius 1 is 1.18 bits per heavy atom. The Morgan fingerprint density at radius 3 is 2.55 bits per heavy atom. The highest BCUT2D eigenvalue weighted by Crippen LogP contribution is 2.35. The largest absolute Gasteiger partial charge is 0.493 e. The van der Waals surface area contributed by atoms with Gasteiger partial charge in [-0.05, 0) is 48.5 Å². The Morgan fingerprint density at radius 2 is 1.91 bits per heavy atom. The second-order valence-corrected chi connectivity index (χ2v) is 9.31. The van der Waals surface area contributed by atoms with Gasteiger partial charge in [-0.2, -0.15) is 8.42 Å². The molecule has 1 heterocycles. The monoisotopic (exact) mass is 493 g/mol. The van der Waals surface area contributed by atoms with Crippen LogP contribution in [0.5, 0.6) is 11.5 Å². The molecule has 2 N–H and O–H groups in total. The maximum Gasteiger partial charge on any atom is 0.339 e. The van der Waals surface area contributed by atoms with Crippen molar-refractivity contribution in [3.63, 3.8) is 0 Å². The molecule has 0 aromatic heterocycles. The molecule has 1 saturated heterocycles. The van der Waals surface area contributed by atoms with Crippen molar-refractivity contribution >= 4 is 44.8 Å². The summed E-state index contributed by atoms with van der Waals surface area (Å²) in [4.78, 5) is 35.6. The van der Waals surface area contributed by atoms with Gasteiger partial charge in [0.15, 0.2) is 11.5 Å². The first-order valence-corrected chi connectivity index (χ1v) is 11.6. The van der Waals surface area contributed by atoms with Gasteiger partial charge >= 0.3 is 10.1 Å². The van der Waals surface area contributed by atoms with Crippen LogP contribution in [0.2, 0.25) is 0 Å². The molecule has 0 radical (unpaired) electrons. The number of nitro benzene ring substituents is 1. The van der Waals surface area contributed by atoms with Crippen molar-refractivity contribution < 1.29 is 31.9 Å². The number of methoxy groups -OCH3 is 1. The van der Waals surface area contributed by atoms with Crippen LogP contribution in [0, 0.1) is 17.0 Å². The summed E-state index contributed by atoms with van der Waals surface area (Å²) in [7, 11) is -3.11. The SMILES string of the molecule is COc1cc(/C=C2/SC(=O)N(CCN)C2=O)ccc1OS(=O)(=O)c1ccc(C)c([N+](=O)[O-])c1. The molecule has 1 aliphatic heterocycles. The summed E-state index contributed by atoms with van der Waals surface area (Å²) < 4.78 is 35.7. The number of rotatable bonds is 8. The molecule has 0 unspecified atom stereocenters. The molecule has 0 spiro atoms. The van der Waals surface area contributed by atoms with E-state index in [9.17, 15) is 28.1 Å². The van der Waals surface area contributed by atoms with Crippen LogP contribution in [-0.4, -0.2) is 49.6 Å². The van der Waals surface area contributed by atoms with E-state index in [1.807, 2.05) is 0 Å². The number of carbonyl (C=O) groups is 2. The van der Waals surface area contributed by atoms with Crippen LogP contribution in [-0.2, 0) is 14.9 Å². The molecule has 0 bridgehead atoms. The zero-order chi connectivity index (χ0) is 24.3. The molecule has 0 atom stereocenters. The van der Waals surface area contributed by atoms with Crippen LogP contribution in [0.15, 0.2) is 46.2 Å². The highest BCUT2D eigenvalue weighted by atomic mass is 32.2. The van der Waals surface area contributed by atoms with Crippen LogP contribution in [0.1, 0.15) is 11.1 Å². The van der Waals surface area contributed by atoms with E-state index in [0.29, 0.717) is 11.1 Å². The van der Waals surface area contributed by atoms with Gasteiger partial charge in [0.2, 0.25) is 0 Å². The number of thioether (sulfide) groups is 1. The number of nitrogens with zero attached hydrogens (tertiary/aromatic N) is 2.